The Hall–Kier alpha value is -3.29. The maximum atomic E-state index is 13.2. The number of aliphatic hydroxyl groups excluding tert-OH is 8. The zero-order valence-corrected chi connectivity index (χ0v) is 40.0. The number of ether oxygens (including phenoxy) is 5. The molecule has 3 aliphatic heterocycles. The summed E-state index contributed by atoms with van der Waals surface area (Å²) in [6.45, 7) is 2.58. The molecule has 16 unspecified atom stereocenters. The molecule has 0 aliphatic carbocycles. The molecule has 3 rings (SSSR count). The minimum atomic E-state index is -3.28. The summed E-state index contributed by atoms with van der Waals surface area (Å²) in [6.07, 6.45) is -15.4. The van der Waals surface area contributed by atoms with Gasteiger partial charge in [0.1, 0.15) is 42.7 Å². The molecule has 3 heterocycles. The Morgan fingerprint density at radius 3 is 1.46 bits per heavy atom. The van der Waals surface area contributed by atoms with E-state index in [1.165, 1.54) is 46.0 Å². The molecule has 0 radical (unpaired) electrons. The largest absolute Gasteiger partial charge is 0.477 e. The van der Waals surface area contributed by atoms with Gasteiger partial charge in [0.05, 0.1) is 55.8 Å². The first-order valence-electron chi connectivity index (χ1n) is 24.2. The Labute approximate surface area is 405 Å². The zero-order valence-electron chi connectivity index (χ0n) is 40.0. The average molecular weight is 1020 g/mol. The van der Waals surface area contributed by atoms with E-state index in [4.69, 9.17) is 29.4 Å². The topological polar surface area (TPSA) is 436 Å². The highest BCUT2D eigenvalue weighted by molar-refractivity contribution is 5.78. The molecule has 2 amide bonds. The summed E-state index contributed by atoms with van der Waals surface area (Å²) in [5.41, 5.74) is 6.18. The number of aliphatic hydroxyl groups is 9. The predicted octanol–water partition coefficient (Wildman–Crippen LogP) is -3.76. The number of unbranched alkanes of at least 4 members (excludes halogenated alkanes) is 9. The fourth-order valence-corrected chi connectivity index (χ4v) is 8.86. The van der Waals surface area contributed by atoms with Gasteiger partial charge in [0.15, 0.2) is 0 Å². The highest BCUT2D eigenvalue weighted by Gasteiger charge is 2.61. The van der Waals surface area contributed by atoms with Crippen LogP contribution in [0.15, 0.2) is 0 Å². The van der Waals surface area contributed by atoms with Crippen molar-refractivity contribution in [3.8, 4) is 0 Å². The van der Waals surface area contributed by atoms with Gasteiger partial charge in [-0.1, -0.05) is 78.6 Å². The molecule has 0 spiro atoms. The van der Waals surface area contributed by atoms with Crippen molar-refractivity contribution in [2.75, 3.05) is 26.3 Å². The monoisotopic (exact) mass is 1010 g/mol. The first-order chi connectivity index (χ1) is 33.0. The molecule has 17 atom stereocenters. The van der Waals surface area contributed by atoms with E-state index in [0.717, 1.165) is 32.1 Å². The number of carbonyl (C=O) groups is 5. The van der Waals surface area contributed by atoms with Gasteiger partial charge in [0.2, 0.25) is 11.8 Å². The van der Waals surface area contributed by atoms with Crippen LogP contribution >= 0.6 is 0 Å². The van der Waals surface area contributed by atoms with E-state index < -0.39 is 165 Å². The summed E-state index contributed by atoms with van der Waals surface area (Å²) in [6, 6.07) is -4.91. The van der Waals surface area contributed by atoms with E-state index in [1.807, 2.05) is 0 Å². The van der Waals surface area contributed by atoms with Gasteiger partial charge in [0, 0.05) is 38.6 Å². The van der Waals surface area contributed by atoms with Crippen molar-refractivity contribution in [2.45, 2.75) is 220 Å². The Bertz CT molecular complexity index is 1670. The van der Waals surface area contributed by atoms with E-state index in [0.29, 0.717) is 6.54 Å². The number of carboxylic acids is 3. The van der Waals surface area contributed by atoms with Crippen molar-refractivity contribution in [1.29, 1.82) is 0 Å². The van der Waals surface area contributed by atoms with E-state index in [-0.39, 0.29) is 19.4 Å². The van der Waals surface area contributed by atoms with Crippen LogP contribution in [-0.4, -0.2) is 220 Å². The van der Waals surface area contributed by atoms with Crippen molar-refractivity contribution in [2.24, 2.45) is 5.73 Å². The molecule has 0 aromatic heterocycles. The predicted molar refractivity (Wildman–Crippen MR) is 239 cm³/mol. The van der Waals surface area contributed by atoms with Crippen LogP contribution in [0.5, 0.6) is 0 Å². The average Bonchev–Trinajstić information content (AvgIpc) is 3.31. The lowest BCUT2D eigenvalue weighted by atomic mass is 9.87. The van der Waals surface area contributed by atoms with Crippen LogP contribution < -0.4 is 21.7 Å². The van der Waals surface area contributed by atoms with Crippen LogP contribution in [0.3, 0.4) is 0 Å². The van der Waals surface area contributed by atoms with Crippen LogP contribution in [-0.2, 0) is 47.7 Å². The molecule has 0 aromatic rings. The van der Waals surface area contributed by atoms with Crippen LogP contribution in [0.1, 0.15) is 117 Å². The number of carbonyl (C=O) groups excluding carboxylic acids is 2. The van der Waals surface area contributed by atoms with E-state index in [2.05, 4.69) is 22.9 Å². The fraction of sp³-hybridized carbons (Fsp3) is 0.886. The van der Waals surface area contributed by atoms with Gasteiger partial charge in [-0.15, -0.1) is 0 Å². The lowest BCUT2D eigenvalue weighted by Gasteiger charge is -2.50. The summed E-state index contributed by atoms with van der Waals surface area (Å²) in [5, 5.41) is 138. The highest BCUT2D eigenvalue weighted by Crippen LogP contribution is 2.39. The molecule has 0 aromatic carbocycles. The second-order valence-corrected chi connectivity index (χ2v) is 18.4. The van der Waals surface area contributed by atoms with E-state index in [9.17, 15) is 85.3 Å². The number of rotatable bonds is 31. The van der Waals surface area contributed by atoms with Crippen LogP contribution in [0.25, 0.3) is 0 Å². The maximum absolute atomic E-state index is 13.2. The van der Waals surface area contributed by atoms with Crippen molar-refractivity contribution in [1.82, 2.24) is 16.0 Å². The number of hydrogen-bond acceptors (Lipinski definition) is 21. The third-order valence-electron chi connectivity index (χ3n) is 13.0. The third kappa shape index (κ3) is 15.9. The van der Waals surface area contributed by atoms with Gasteiger partial charge in [0.25, 0.3) is 17.4 Å². The Morgan fingerprint density at radius 2 is 1.03 bits per heavy atom. The second-order valence-electron chi connectivity index (χ2n) is 18.4. The molecule has 26 nitrogen and oxygen atoms in total. The molecule has 406 valence electrons. The number of nitrogens with two attached hydrogens (primary N) is 1. The van der Waals surface area contributed by atoms with Gasteiger partial charge in [-0.05, 0) is 13.0 Å². The number of nitrogens with one attached hydrogen (secondary N) is 3. The lowest BCUT2D eigenvalue weighted by molar-refractivity contribution is -0.354. The van der Waals surface area contributed by atoms with Gasteiger partial charge < -0.3 is 107 Å². The molecule has 3 saturated heterocycles. The molecule has 3 fully saturated rings. The number of hydrogen-bond donors (Lipinski definition) is 16. The van der Waals surface area contributed by atoms with Crippen LogP contribution in [0, 0.1) is 0 Å². The van der Waals surface area contributed by atoms with Crippen molar-refractivity contribution in [3.63, 3.8) is 0 Å². The van der Waals surface area contributed by atoms with Crippen molar-refractivity contribution < 1.29 is 109 Å². The van der Waals surface area contributed by atoms with Gasteiger partial charge in [-0.25, -0.2) is 14.4 Å². The third-order valence-corrected chi connectivity index (χ3v) is 13.0. The molecular formula is C44H78N4O22. The minimum absolute atomic E-state index is 0.167. The second kappa shape index (κ2) is 28.2. The lowest BCUT2D eigenvalue weighted by Crippen LogP contribution is -2.71. The summed E-state index contributed by atoms with van der Waals surface area (Å²) < 4.78 is 28.2. The Kier molecular flexibility index (Phi) is 24.6. The molecular weight excluding hydrogens is 936 g/mol. The fourth-order valence-electron chi connectivity index (χ4n) is 8.86. The zero-order chi connectivity index (χ0) is 52.6. The smallest absolute Gasteiger partial charge is 0.364 e. The standard InChI is InChI=1S/C44H78N4O22/c1-4-7-8-9-10-11-12-13-14-15-16-46-20-26(54)36-31(45)23(51)18-43(69-36,40(61)62)66-28(22-50)35(58)38-33(48-30(56)6-3)25(53)19-44(70-38,41(63)64)67-27(21-49)34(57)37-32(47-29(55)5-2)24(52)17-42(65,68-37)39(59)60/h23-28,31-38,46,49-54,57-58,65H,4-22,45H2,1-3H3,(H,47,55)(H,48,56)(H,59,60)(H,61,62)(H,63,64)/t23?,24?,25?,26?,27?,28?,31?,32?,33?,34?,35?,36?,37?,38?,42-,43?,44?/m1/s1. The van der Waals surface area contributed by atoms with Crippen molar-refractivity contribution >= 4 is 29.7 Å². The number of carboxylic acid groups (broad SMARTS) is 3. The Balaban J connectivity index is 1.90. The van der Waals surface area contributed by atoms with Crippen LogP contribution in [0.2, 0.25) is 0 Å². The molecule has 26 heteroatoms. The summed E-state index contributed by atoms with van der Waals surface area (Å²) in [4.78, 5) is 63.4. The maximum Gasteiger partial charge on any atom is 0.364 e. The van der Waals surface area contributed by atoms with E-state index in [1.54, 1.807) is 0 Å². The summed E-state index contributed by atoms with van der Waals surface area (Å²) in [5.74, 6) is -17.1. The van der Waals surface area contributed by atoms with Crippen molar-refractivity contribution in [3.05, 3.63) is 0 Å². The molecule has 3 aliphatic rings. The Morgan fingerprint density at radius 1 is 0.614 bits per heavy atom. The first-order valence-corrected chi connectivity index (χ1v) is 24.2. The van der Waals surface area contributed by atoms with Gasteiger partial charge in [-0.3, -0.25) is 9.59 Å². The van der Waals surface area contributed by atoms with Gasteiger partial charge in [-0.2, -0.15) is 0 Å². The number of aliphatic carboxylic acids is 3. The minimum Gasteiger partial charge on any atom is -0.477 e. The highest BCUT2D eigenvalue weighted by atomic mass is 16.8. The normalized spacial score (nSPS) is 33.6. The van der Waals surface area contributed by atoms with Crippen LogP contribution in [0.4, 0.5) is 0 Å². The molecule has 0 saturated carbocycles. The quantitative estimate of drug-likeness (QED) is 0.0297. The SMILES string of the molecule is CCCCCCCCCCCCNCC(O)C1OC(OC(CO)C(O)C2OC(OC(CO)C(O)C3O[C@@](O)(C(=O)O)CC(O)C3NC(=O)CC)(C(=O)O)CC(O)C2NC(=O)CC)(C(=O)O)CC(O)C1N. The number of amides is 2. The molecule has 17 N–H and O–H groups in total. The molecule has 0 bridgehead atoms. The summed E-state index contributed by atoms with van der Waals surface area (Å²) in [7, 11) is 0. The molecule has 70 heavy (non-hydrogen) atoms. The van der Waals surface area contributed by atoms with E-state index >= 15 is 0 Å². The van der Waals surface area contributed by atoms with Gasteiger partial charge >= 0.3 is 17.9 Å². The summed E-state index contributed by atoms with van der Waals surface area (Å²) >= 11 is 0. The first kappa shape index (κ1) is 61.0.